The maximum Gasteiger partial charge on any atom is 0.348 e. The van der Waals surface area contributed by atoms with Gasteiger partial charge in [0.2, 0.25) is 0 Å². The van der Waals surface area contributed by atoms with E-state index in [1.807, 2.05) is 6.07 Å². The second-order valence-electron chi connectivity index (χ2n) is 7.43. The summed E-state index contributed by atoms with van der Waals surface area (Å²) in [5, 5.41) is 11.8. The first kappa shape index (κ1) is 21.3. The number of H-pyrrole nitrogens is 1. The number of urea groups is 1. The van der Waals surface area contributed by atoms with Crippen molar-refractivity contribution in [3.8, 4) is 21.8 Å². The molecule has 0 atom stereocenters. The van der Waals surface area contributed by atoms with E-state index in [0.29, 0.717) is 69.8 Å². The van der Waals surface area contributed by atoms with Gasteiger partial charge < -0.3 is 14.8 Å². The fourth-order valence-corrected chi connectivity index (χ4v) is 4.81. The first-order valence-corrected chi connectivity index (χ1v) is 11.3. The molecule has 33 heavy (non-hydrogen) atoms. The van der Waals surface area contributed by atoms with Gasteiger partial charge >= 0.3 is 12.0 Å². The van der Waals surface area contributed by atoms with Gasteiger partial charge in [0, 0.05) is 18.7 Å². The molecule has 3 heterocycles. The molecule has 0 saturated carbocycles. The van der Waals surface area contributed by atoms with Crippen molar-refractivity contribution in [1.82, 2.24) is 20.6 Å². The van der Waals surface area contributed by atoms with Crippen LogP contribution in [0.4, 0.5) is 10.5 Å². The third kappa shape index (κ3) is 3.90. The Morgan fingerprint density at radius 1 is 1.21 bits per heavy atom. The topological polar surface area (TPSA) is 126 Å². The van der Waals surface area contributed by atoms with Crippen LogP contribution in [0.1, 0.15) is 32.5 Å². The summed E-state index contributed by atoms with van der Waals surface area (Å²) >= 11 is 1.21. The highest BCUT2D eigenvalue weighted by Gasteiger charge is 2.35. The van der Waals surface area contributed by atoms with Crippen LogP contribution >= 0.6 is 11.3 Å². The predicted octanol–water partition coefficient (Wildman–Crippen LogP) is 2.90. The number of hydrogen-bond donors (Lipinski definition) is 3. The number of ketones is 1. The number of ether oxygens (including phenoxy) is 2. The summed E-state index contributed by atoms with van der Waals surface area (Å²) < 4.78 is 10.3. The van der Waals surface area contributed by atoms with E-state index >= 15 is 0 Å². The van der Waals surface area contributed by atoms with Crippen molar-refractivity contribution in [1.29, 1.82) is 0 Å². The van der Waals surface area contributed by atoms with Gasteiger partial charge in [-0.1, -0.05) is 12.1 Å². The molecule has 0 radical (unpaired) electrons. The minimum Gasteiger partial charge on any atom is -0.462 e. The number of rotatable bonds is 5. The van der Waals surface area contributed by atoms with Crippen molar-refractivity contribution in [3.05, 3.63) is 46.3 Å². The molecular formula is C22H21N5O5S. The molecule has 1 saturated heterocycles. The molecule has 5 rings (SSSR count). The zero-order valence-electron chi connectivity index (χ0n) is 17.8. The van der Waals surface area contributed by atoms with Crippen LogP contribution in [0.3, 0.4) is 0 Å². The van der Waals surface area contributed by atoms with Crippen molar-refractivity contribution in [2.24, 2.45) is 0 Å². The van der Waals surface area contributed by atoms with Gasteiger partial charge in [-0.2, -0.15) is 5.10 Å². The van der Waals surface area contributed by atoms with Crippen LogP contribution in [0.2, 0.25) is 0 Å². The van der Waals surface area contributed by atoms with Crippen LogP contribution in [-0.2, 0) is 9.47 Å². The fraction of sp³-hybridized carbons (Fsp3) is 0.273. The summed E-state index contributed by atoms with van der Waals surface area (Å²) in [5.41, 5.74) is 5.74. The highest BCUT2D eigenvalue weighted by atomic mass is 32.1. The lowest BCUT2D eigenvalue weighted by Crippen LogP contribution is -2.49. The molecule has 0 spiro atoms. The highest BCUT2D eigenvalue weighted by molar-refractivity contribution is 7.17. The number of esters is 1. The van der Waals surface area contributed by atoms with Crippen molar-refractivity contribution >= 4 is 34.8 Å². The Balaban J connectivity index is 1.41. The van der Waals surface area contributed by atoms with Crippen molar-refractivity contribution in [2.75, 3.05) is 38.2 Å². The molecule has 1 fully saturated rings. The van der Waals surface area contributed by atoms with Gasteiger partial charge in [-0.3, -0.25) is 15.3 Å². The van der Waals surface area contributed by atoms with Gasteiger partial charge in [0.1, 0.15) is 10.6 Å². The summed E-state index contributed by atoms with van der Waals surface area (Å²) in [5.74, 6) is -0.648. The molecule has 2 aromatic heterocycles. The maximum atomic E-state index is 13.4. The van der Waals surface area contributed by atoms with Gasteiger partial charge in [-0.25, -0.2) is 14.6 Å². The van der Waals surface area contributed by atoms with Crippen LogP contribution < -0.4 is 10.7 Å². The van der Waals surface area contributed by atoms with E-state index in [-0.39, 0.29) is 12.4 Å². The van der Waals surface area contributed by atoms with E-state index in [0.717, 1.165) is 0 Å². The lowest BCUT2D eigenvalue weighted by atomic mass is 10.1. The lowest BCUT2D eigenvalue weighted by Gasteiger charge is -2.27. The standard InChI is InChI=1S/C22H21N5O5S/c1-2-32-21(29)15-7-6-14(33-15)19-17-18(24-25-19)12-4-3-5-13(16(12)20(17)28)23-22(30)26-27-8-10-31-11-9-27/h3-7H,2,8-11H2,1H3,(H,24,25)(H2,23,26,30). The first-order valence-electron chi connectivity index (χ1n) is 10.5. The maximum absolute atomic E-state index is 13.4. The number of aromatic nitrogens is 2. The minimum atomic E-state index is -0.427. The fourth-order valence-electron chi connectivity index (χ4n) is 3.92. The zero-order chi connectivity index (χ0) is 22.9. The molecule has 1 aliphatic heterocycles. The van der Waals surface area contributed by atoms with E-state index in [1.54, 1.807) is 36.2 Å². The smallest absolute Gasteiger partial charge is 0.348 e. The summed E-state index contributed by atoms with van der Waals surface area (Å²) in [6.07, 6.45) is 0. The molecule has 3 aromatic rings. The molecule has 2 amide bonds. The van der Waals surface area contributed by atoms with Crippen LogP contribution in [0, 0.1) is 0 Å². The Bertz CT molecular complexity index is 1240. The van der Waals surface area contributed by atoms with Crippen LogP contribution in [-0.4, -0.2) is 65.9 Å². The van der Waals surface area contributed by atoms with Crippen LogP contribution in [0.5, 0.6) is 0 Å². The Hall–Kier alpha value is -3.54. The number of carbonyl (C=O) groups is 3. The van der Waals surface area contributed by atoms with Crippen molar-refractivity contribution in [3.63, 3.8) is 0 Å². The average molecular weight is 468 g/mol. The van der Waals surface area contributed by atoms with Crippen molar-refractivity contribution in [2.45, 2.75) is 6.92 Å². The van der Waals surface area contributed by atoms with E-state index in [2.05, 4.69) is 20.9 Å². The Morgan fingerprint density at radius 2 is 2.03 bits per heavy atom. The summed E-state index contributed by atoms with van der Waals surface area (Å²) in [6, 6.07) is 8.26. The van der Waals surface area contributed by atoms with E-state index in [1.165, 1.54) is 11.3 Å². The Morgan fingerprint density at radius 3 is 2.82 bits per heavy atom. The average Bonchev–Trinajstić information content (AvgIpc) is 3.52. The van der Waals surface area contributed by atoms with Gasteiger partial charge in [-0.15, -0.1) is 11.3 Å². The van der Waals surface area contributed by atoms with Gasteiger partial charge in [0.15, 0.2) is 5.78 Å². The number of carbonyl (C=O) groups excluding carboxylic acids is 3. The van der Waals surface area contributed by atoms with E-state index in [9.17, 15) is 14.4 Å². The molecule has 2 aliphatic rings. The number of benzene rings is 1. The number of hydrogen-bond acceptors (Lipinski definition) is 8. The third-order valence-corrected chi connectivity index (χ3v) is 6.46. The quantitative estimate of drug-likeness (QED) is 0.385. The first-order chi connectivity index (χ1) is 16.1. The summed E-state index contributed by atoms with van der Waals surface area (Å²) in [6.45, 7) is 4.30. The molecular weight excluding hydrogens is 446 g/mol. The molecule has 170 valence electrons. The third-order valence-electron chi connectivity index (χ3n) is 5.39. The SMILES string of the molecule is CCOC(=O)c1ccc(-c2n[nH]c3c2C(=O)c2c(NC(=O)NN4CCOCC4)cccc2-3)s1. The number of nitrogens with one attached hydrogen (secondary N) is 3. The number of aromatic amines is 1. The van der Waals surface area contributed by atoms with Crippen molar-refractivity contribution < 1.29 is 23.9 Å². The Labute approximate surface area is 192 Å². The number of thiophene rings is 1. The molecule has 3 N–H and O–H groups in total. The molecule has 1 aromatic carbocycles. The lowest BCUT2D eigenvalue weighted by molar-refractivity contribution is 0.0207. The Kier molecular flexibility index (Phi) is 5.67. The molecule has 0 bridgehead atoms. The van der Waals surface area contributed by atoms with E-state index < -0.39 is 12.0 Å². The molecule has 11 heteroatoms. The second kappa shape index (κ2) is 8.77. The highest BCUT2D eigenvalue weighted by Crippen LogP contribution is 2.44. The monoisotopic (exact) mass is 467 g/mol. The van der Waals surface area contributed by atoms with Gasteiger partial charge in [0.05, 0.1) is 47.2 Å². The number of nitrogens with zero attached hydrogens (tertiary/aromatic N) is 2. The number of amides is 2. The normalized spacial score (nSPS) is 15.1. The number of anilines is 1. The number of fused-ring (bicyclic) bond motifs is 3. The number of hydrazine groups is 1. The van der Waals surface area contributed by atoms with Gasteiger partial charge in [0.25, 0.3) is 0 Å². The second-order valence-corrected chi connectivity index (χ2v) is 8.51. The van der Waals surface area contributed by atoms with Crippen LogP contribution in [0.25, 0.3) is 21.8 Å². The van der Waals surface area contributed by atoms with Gasteiger partial charge in [-0.05, 0) is 25.1 Å². The van der Waals surface area contributed by atoms with E-state index in [4.69, 9.17) is 9.47 Å². The summed E-state index contributed by atoms with van der Waals surface area (Å²) in [4.78, 5) is 39.1. The zero-order valence-corrected chi connectivity index (χ0v) is 18.6. The predicted molar refractivity (Wildman–Crippen MR) is 121 cm³/mol. The number of morpholine rings is 1. The molecule has 0 unspecified atom stereocenters. The minimum absolute atomic E-state index is 0.239. The molecule has 10 nitrogen and oxygen atoms in total. The van der Waals surface area contributed by atoms with Crippen LogP contribution in [0.15, 0.2) is 30.3 Å². The summed E-state index contributed by atoms with van der Waals surface area (Å²) in [7, 11) is 0. The largest absolute Gasteiger partial charge is 0.462 e. The molecule has 1 aliphatic carbocycles.